The molecule has 28 heavy (non-hydrogen) atoms. The fourth-order valence-electron chi connectivity index (χ4n) is 3.21. The number of benzene rings is 1. The molecule has 1 aromatic carbocycles. The molecule has 1 N–H and O–H groups in total. The first-order valence-corrected chi connectivity index (χ1v) is 11.6. The highest BCUT2D eigenvalue weighted by Gasteiger charge is 2.31. The first kappa shape index (κ1) is 20.8. The molecule has 0 bridgehead atoms. The van der Waals surface area contributed by atoms with E-state index in [9.17, 15) is 12.8 Å². The van der Waals surface area contributed by atoms with Gasteiger partial charge in [-0.05, 0) is 57.4 Å². The average Bonchev–Trinajstić information content (AvgIpc) is 3.12. The number of halogens is 1. The van der Waals surface area contributed by atoms with E-state index in [0.29, 0.717) is 33.9 Å². The Morgan fingerprint density at radius 2 is 2.00 bits per heavy atom. The zero-order chi connectivity index (χ0) is 20.3. The number of nitrogens with one attached hydrogen (secondary N) is 1. The molecular weight excluding hydrogens is 399 g/mol. The maximum Gasteiger partial charge on any atom is 0.214 e. The third-order valence-electron chi connectivity index (χ3n) is 4.85. The van der Waals surface area contributed by atoms with Crippen molar-refractivity contribution in [3.8, 4) is 22.3 Å². The molecule has 2 atom stereocenters. The smallest absolute Gasteiger partial charge is 0.214 e. The number of ether oxygens (including phenoxy) is 1. The number of rotatable bonds is 6. The molecule has 1 fully saturated rings. The molecule has 2 unspecified atom stereocenters. The molecule has 1 saturated carbocycles. The van der Waals surface area contributed by atoms with Crippen molar-refractivity contribution in [2.45, 2.75) is 56.9 Å². The van der Waals surface area contributed by atoms with Crippen LogP contribution >= 0.6 is 11.3 Å². The molecule has 3 rings (SSSR count). The minimum absolute atomic E-state index is 0.320. The van der Waals surface area contributed by atoms with Crippen LogP contribution < -0.4 is 9.46 Å². The van der Waals surface area contributed by atoms with Crippen LogP contribution in [-0.4, -0.2) is 25.8 Å². The second kappa shape index (κ2) is 8.60. The predicted octanol–water partition coefficient (Wildman–Crippen LogP) is 4.44. The summed E-state index contributed by atoms with van der Waals surface area (Å²) in [5, 5.41) is 8.41. The predicted molar refractivity (Wildman–Crippen MR) is 108 cm³/mol. The van der Waals surface area contributed by atoms with Crippen LogP contribution in [0.5, 0.6) is 5.75 Å². The van der Waals surface area contributed by atoms with Crippen molar-refractivity contribution in [3.05, 3.63) is 41.0 Å². The summed E-state index contributed by atoms with van der Waals surface area (Å²) in [6, 6.07) is 9.76. The van der Waals surface area contributed by atoms with E-state index in [4.69, 9.17) is 10.00 Å². The molecule has 0 radical (unpaired) electrons. The number of hydrogen-bond donors (Lipinski definition) is 1. The molecular formula is C20H23FN2O3S2. The Kier molecular flexibility index (Phi) is 6.38. The minimum Gasteiger partial charge on any atom is -0.489 e. The maximum atomic E-state index is 14.6. The van der Waals surface area contributed by atoms with Crippen molar-refractivity contribution in [2.75, 3.05) is 0 Å². The van der Waals surface area contributed by atoms with E-state index in [1.165, 1.54) is 17.4 Å². The van der Waals surface area contributed by atoms with Crippen LogP contribution in [0.2, 0.25) is 0 Å². The van der Waals surface area contributed by atoms with Crippen LogP contribution in [0, 0.1) is 17.1 Å². The topological polar surface area (TPSA) is 79.2 Å². The van der Waals surface area contributed by atoms with Gasteiger partial charge >= 0.3 is 0 Å². The SMILES string of the molecule is CC(C)S(=O)(=O)NC1CCCCC1Oc1ccc(-c2ccc(C#N)s2)c(F)c1. The zero-order valence-corrected chi connectivity index (χ0v) is 17.4. The van der Waals surface area contributed by atoms with Crippen molar-refractivity contribution in [1.29, 1.82) is 5.26 Å². The third kappa shape index (κ3) is 4.72. The van der Waals surface area contributed by atoms with E-state index in [1.54, 1.807) is 38.1 Å². The van der Waals surface area contributed by atoms with Gasteiger partial charge in [-0.15, -0.1) is 11.3 Å². The molecule has 8 heteroatoms. The molecule has 0 spiro atoms. The van der Waals surface area contributed by atoms with E-state index in [1.807, 2.05) is 6.07 Å². The number of nitriles is 1. The summed E-state index contributed by atoms with van der Waals surface area (Å²) < 4.78 is 47.8. The van der Waals surface area contributed by atoms with Gasteiger partial charge in [0.15, 0.2) is 0 Å². The van der Waals surface area contributed by atoms with Gasteiger partial charge in [-0.3, -0.25) is 0 Å². The van der Waals surface area contributed by atoms with Gasteiger partial charge in [0.25, 0.3) is 0 Å². The first-order valence-electron chi connectivity index (χ1n) is 9.28. The van der Waals surface area contributed by atoms with Crippen LogP contribution in [0.3, 0.4) is 0 Å². The number of hydrogen-bond acceptors (Lipinski definition) is 5. The summed E-state index contributed by atoms with van der Waals surface area (Å²) in [5.41, 5.74) is 0.416. The normalized spacial score (nSPS) is 20.1. The lowest BCUT2D eigenvalue weighted by molar-refractivity contribution is 0.124. The fraction of sp³-hybridized carbons (Fsp3) is 0.450. The largest absolute Gasteiger partial charge is 0.489 e. The van der Waals surface area contributed by atoms with Crippen LogP contribution in [-0.2, 0) is 10.0 Å². The molecule has 150 valence electrons. The summed E-state index contributed by atoms with van der Waals surface area (Å²) in [6.45, 7) is 3.27. The second-order valence-corrected chi connectivity index (χ2v) is 10.5. The zero-order valence-electron chi connectivity index (χ0n) is 15.8. The lowest BCUT2D eigenvalue weighted by Crippen LogP contribution is -2.49. The van der Waals surface area contributed by atoms with Gasteiger partial charge in [0.1, 0.15) is 28.6 Å². The van der Waals surface area contributed by atoms with Gasteiger partial charge in [-0.25, -0.2) is 17.5 Å². The van der Waals surface area contributed by atoms with Gasteiger partial charge in [0.2, 0.25) is 10.0 Å². The molecule has 0 aliphatic heterocycles. The molecule has 0 saturated heterocycles. The first-order chi connectivity index (χ1) is 13.3. The molecule has 1 aliphatic carbocycles. The van der Waals surface area contributed by atoms with Crippen molar-refractivity contribution in [1.82, 2.24) is 4.72 Å². The number of nitrogens with zero attached hydrogens (tertiary/aromatic N) is 1. The summed E-state index contributed by atoms with van der Waals surface area (Å²) in [4.78, 5) is 1.21. The summed E-state index contributed by atoms with van der Waals surface area (Å²) in [7, 11) is -3.40. The van der Waals surface area contributed by atoms with Gasteiger partial charge in [0.05, 0.1) is 11.3 Å². The lowest BCUT2D eigenvalue weighted by atomic mass is 9.93. The van der Waals surface area contributed by atoms with Crippen LogP contribution in [0.15, 0.2) is 30.3 Å². The second-order valence-electron chi connectivity index (χ2n) is 7.18. The van der Waals surface area contributed by atoms with Crippen molar-refractivity contribution in [2.24, 2.45) is 0 Å². The monoisotopic (exact) mass is 422 g/mol. The number of sulfonamides is 1. The van der Waals surface area contributed by atoms with E-state index < -0.39 is 21.1 Å². The highest BCUT2D eigenvalue weighted by molar-refractivity contribution is 7.90. The third-order valence-corrected chi connectivity index (χ3v) is 7.74. The Labute approximate surface area is 169 Å². The Morgan fingerprint density at radius 3 is 2.64 bits per heavy atom. The van der Waals surface area contributed by atoms with E-state index in [0.717, 1.165) is 12.8 Å². The Hall–Kier alpha value is -1.95. The van der Waals surface area contributed by atoms with Gasteiger partial charge in [-0.1, -0.05) is 6.42 Å². The Morgan fingerprint density at radius 1 is 1.25 bits per heavy atom. The maximum absolute atomic E-state index is 14.6. The fourth-order valence-corrected chi connectivity index (χ4v) is 5.00. The van der Waals surface area contributed by atoms with Gasteiger partial charge < -0.3 is 4.74 Å². The molecule has 1 heterocycles. The van der Waals surface area contributed by atoms with Crippen LogP contribution in [0.1, 0.15) is 44.4 Å². The average molecular weight is 423 g/mol. The molecule has 2 aromatic rings. The van der Waals surface area contributed by atoms with Gasteiger partial charge in [-0.2, -0.15) is 5.26 Å². The van der Waals surface area contributed by atoms with E-state index >= 15 is 0 Å². The Balaban J connectivity index is 1.76. The van der Waals surface area contributed by atoms with Crippen molar-refractivity contribution >= 4 is 21.4 Å². The molecule has 0 amide bonds. The van der Waals surface area contributed by atoms with Crippen LogP contribution in [0.4, 0.5) is 4.39 Å². The van der Waals surface area contributed by atoms with Crippen molar-refractivity contribution in [3.63, 3.8) is 0 Å². The van der Waals surface area contributed by atoms with Crippen LogP contribution in [0.25, 0.3) is 10.4 Å². The van der Waals surface area contributed by atoms with E-state index in [2.05, 4.69) is 4.72 Å². The standard InChI is InChI=1S/C20H23FN2O3S2/c1-13(2)28(24,25)23-18-5-3-4-6-19(18)26-14-7-9-16(17(21)11-14)20-10-8-15(12-22)27-20/h7-11,13,18-19,23H,3-6H2,1-2H3. The van der Waals surface area contributed by atoms with Crippen molar-refractivity contribution < 1.29 is 17.5 Å². The Bertz CT molecular complexity index is 980. The minimum atomic E-state index is -3.40. The molecule has 1 aromatic heterocycles. The lowest BCUT2D eigenvalue weighted by Gasteiger charge is -2.32. The highest BCUT2D eigenvalue weighted by atomic mass is 32.2. The summed E-state index contributed by atoms with van der Waals surface area (Å²) >= 11 is 1.23. The molecule has 1 aliphatic rings. The molecule has 5 nitrogen and oxygen atoms in total. The highest BCUT2D eigenvalue weighted by Crippen LogP contribution is 2.33. The van der Waals surface area contributed by atoms with E-state index in [-0.39, 0.29) is 12.1 Å². The summed E-state index contributed by atoms with van der Waals surface area (Å²) in [5.74, 6) is -0.0575. The summed E-state index contributed by atoms with van der Waals surface area (Å²) in [6.07, 6.45) is 2.95. The quantitative estimate of drug-likeness (QED) is 0.746. The van der Waals surface area contributed by atoms with Gasteiger partial charge in [0, 0.05) is 16.5 Å². The number of thiophene rings is 1.